The second-order valence-electron chi connectivity index (χ2n) is 11.5. The highest BCUT2D eigenvalue weighted by atomic mass is 16.5. The van der Waals surface area contributed by atoms with Gasteiger partial charge >= 0.3 is 5.97 Å². The van der Waals surface area contributed by atoms with Crippen molar-refractivity contribution < 1.29 is 33.8 Å². The zero-order chi connectivity index (χ0) is 31.3. The molecule has 12 nitrogen and oxygen atoms in total. The number of aromatic nitrogens is 1. The third-order valence-corrected chi connectivity index (χ3v) is 8.23. The van der Waals surface area contributed by atoms with Crippen molar-refractivity contribution in [1.82, 2.24) is 20.5 Å². The normalized spacial score (nSPS) is 20.7. The van der Waals surface area contributed by atoms with Gasteiger partial charge in [-0.25, -0.2) is 9.78 Å². The first-order valence-electron chi connectivity index (χ1n) is 15.2. The first-order valence-corrected chi connectivity index (χ1v) is 15.2. The van der Waals surface area contributed by atoms with Crippen molar-refractivity contribution in [2.45, 2.75) is 44.4 Å². The summed E-state index contributed by atoms with van der Waals surface area (Å²) in [4.78, 5) is 58.9. The Bertz CT molecular complexity index is 1590. The molecule has 3 N–H and O–H groups in total. The average molecular weight is 614 g/mol. The maximum atomic E-state index is 13.0. The van der Waals surface area contributed by atoms with Gasteiger partial charge in [0.25, 0.3) is 11.8 Å². The van der Waals surface area contributed by atoms with Crippen LogP contribution in [-0.2, 0) is 16.1 Å². The summed E-state index contributed by atoms with van der Waals surface area (Å²) < 4.78 is 12.3. The number of nitrogens with zero attached hydrogens (tertiary/aromatic N) is 3. The summed E-state index contributed by atoms with van der Waals surface area (Å²) in [6.07, 6.45) is 4.45. The lowest BCUT2D eigenvalue weighted by atomic mass is 10.1. The molecule has 2 saturated heterocycles. The maximum absolute atomic E-state index is 13.0. The number of hydrogen-bond acceptors (Lipinski definition) is 8. The number of anilines is 1. The van der Waals surface area contributed by atoms with Crippen molar-refractivity contribution in [1.29, 1.82) is 0 Å². The number of carboxylic acid groups (broad SMARTS) is 1. The third kappa shape index (κ3) is 7.23. The van der Waals surface area contributed by atoms with Crippen LogP contribution in [-0.4, -0.2) is 83.6 Å². The van der Waals surface area contributed by atoms with Crippen LogP contribution in [0.2, 0.25) is 0 Å². The predicted molar refractivity (Wildman–Crippen MR) is 164 cm³/mol. The van der Waals surface area contributed by atoms with E-state index in [9.17, 15) is 24.3 Å². The molecular weight excluding hydrogens is 578 g/mol. The number of aromatic carboxylic acids is 1. The third-order valence-electron chi connectivity index (χ3n) is 8.23. The number of rotatable bonds is 3. The summed E-state index contributed by atoms with van der Waals surface area (Å²) in [5, 5.41) is 15.3. The molecule has 12 heteroatoms. The summed E-state index contributed by atoms with van der Waals surface area (Å²) in [5.41, 5.74) is 1.38. The SMILES string of the molecule is O=C1CCNC(=O)c2cc(cc(C(=O)O)c2)Oc2cccc(c2)CO[C@H]2CN(c3ccc(C(=O)N4CCCCC4)cn3)C[C@@H]2N1. The fraction of sp³-hybridized carbons (Fsp3) is 0.364. The highest BCUT2D eigenvalue weighted by Crippen LogP contribution is 2.27. The molecule has 4 heterocycles. The van der Waals surface area contributed by atoms with Gasteiger partial charge < -0.3 is 35.0 Å². The number of benzene rings is 2. The summed E-state index contributed by atoms with van der Waals surface area (Å²) in [6.45, 7) is 2.74. The van der Waals surface area contributed by atoms with E-state index in [0.717, 1.165) is 37.9 Å². The summed E-state index contributed by atoms with van der Waals surface area (Å²) >= 11 is 0. The first kappa shape index (κ1) is 30.1. The Morgan fingerprint density at radius 2 is 1.78 bits per heavy atom. The van der Waals surface area contributed by atoms with Crippen LogP contribution >= 0.6 is 0 Å². The van der Waals surface area contributed by atoms with Crippen molar-refractivity contribution >= 4 is 29.5 Å². The van der Waals surface area contributed by atoms with Crippen LogP contribution in [0, 0.1) is 0 Å². The lowest BCUT2D eigenvalue weighted by Gasteiger charge is -2.26. The van der Waals surface area contributed by atoms with Crippen molar-refractivity contribution in [3.05, 3.63) is 83.0 Å². The number of likely N-dealkylation sites (tertiary alicyclic amines) is 1. The topological polar surface area (TPSA) is 150 Å². The summed E-state index contributed by atoms with van der Waals surface area (Å²) in [7, 11) is 0. The highest BCUT2D eigenvalue weighted by molar-refractivity contribution is 5.98. The van der Waals surface area contributed by atoms with Gasteiger partial charge in [-0.05, 0) is 67.3 Å². The van der Waals surface area contributed by atoms with E-state index >= 15 is 0 Å². The highest BCUT2D eigenvalue weighted by Gasteiger charge is 2.35. The summed E-state index contributed by atoms with van der Waals surface area (Å²) in [5.74, 6) is -0.648. The van der Waals surface area contributed by atoms with Crippen LogP contribution in [0.5, 0.6) is 11.5 Å². The van der Waals surface area contributed by atoms with Crippen LogP contribution in [0.1, 0.15) is 62.3 Å². The largest absolute Gasteiger partial charge is 0.478 e. The van der Waals surface area contributed by atoms with Crippen molar-refractivity contribution in [3.8, 4) is 11.5 Å². The van der Waals surface area contributed by atoms with Crippen LogP contribution in [0.15, 0.2) is 60.8 Å². The molecule has 1 aromatic heterocycles. The molecule has 3 amide bonds. The van der Waals surface area contributed by atoms with Crippen LogP contribution in [0.25, 0.3) is 0 Å². The Labute approximate surface area is 260 Å². The molecule has 6 rings (SSSR count). The van der Waals surface area contributed by atoms with Crippen LogP contribution in [0.3, 0.4) is 0 Å². The molecule has 0 saturated carbocycles. The maximum Gasteiger partial charge on any atom is 0.335 e. The van der Waals surface area contributed by atoms with E-state index in [0.29, 0.717) is 30.2 Å². The van der Waals surface area contributed by atoms with Gasteiger partial charge in [0, 0.05) is 50.9 Å². The van der Waals surface area contributed by atoms with E-state index < -0.39 is 11.9 Å². The van der Waals surface area contributed by atoms with E-state index in [2.05, 4.69) is 15.6 Å². The zero-order valence-electron chi connectivity index (χ0n) is 24.7. The number of carboxylic acids is 1. The van der Waals surface area contributed by atoms with Gasteiger partial charge in [-0.2, -0.15) is 0 Å². The molecule has 4 bridgehead atoms. The van der Waals surface area contributed by atoms with E-state index in [-0.39, 0.29) is 60.4 Å². The fourth-order valence-corrected chi connectivity index (χ4v) is 5.87. The second kappa shape index (κ2) is 13.3. The first-order chi connectivity index (χ1) is 21.8. The van der Waals surface area contributed by atoms with Gasteiger partial charge in [-0.3, -0.25) is 14.4 Å². The minimum absolute atomic E-state index is 0.00552. The predicted octanol–water partition coefficient (Wildman–Crippen LogP) is 3.22. The summed E-state index contributed by atoms with van der Waals surface area (Å²) in [6, 6.07) is 14.6. The van der Waals surface area contributed by atoms with Gasteiger partial charge in [0.05, 0.1) is 29.9 Å². The number of hydrogen-bond donors (Lipinski definition) is 3. The Kier molecular flexibility index (Phi) is 8.92. The number of pyridine rings is 1. The Hall–Kier alpha value is -4.97. The van der Waals surface area contributed by atoms with Crippen LogP contribution < -0.4 is 20.3 Å². The molecular formula is C33H35N5O7. The Morgan fingerprint density at radius 1 is 0.933 bits per heavy atom. The van der Waals surface area contributed by atoms with Gasteiger partial charge in [0.2, 0.25) is 5.91 Å². The molecule has 2 atom stereocenters. The Balaban J connectivity index is 1.20. The number of carbonyl (C=O) groups excluding carboxylic acids is 3. The van der Waals surface area contributed by atoms with E-state index in [4.69, 9.17) is 9.47 Å². The van der Waals surface area contributed by atoms with Crippen molar-refractivity contribution in [2.75, 3.05) is 37.6 Å². The number of fused-ring (bicyclic) bond motifs is 5. The zero-order valence-corrected chi connectivity index (χ0v) is 24.7. The standard InChI is InChI=1S/C33H35N5O7/c39-30-9-10-34-31(40)23-14-24(33(42)43)16-26(15-23)45-25-6-4-5-21(13-25)20-44-28-19-38(18-27(28)36-30)29-8-7-22(17-35-29)32(41)37-11-2-1-3-12-37/h4-8,13-17,27-28H,1-3,9-12,18-20H2,(H,34,40)(H,36,39)(H,42,43)/t27-,28-/m0/s1. The number of carbonyl (C=O) groups is 4. The van der Waals surface area contributed by atoms with Gasteiger partial charge in [-0.1, -0.05) is 12.1 Å². The lowest BCUT2D eigenvalue weighted by Crippen LogP contribution is -2.44. The molecule has 0 unspecified atom stereocenters. The smallest absolute Gasteiger partial charge is 0.335 e. The van der Waals surface area contributed by atoms with E-state index in [1.807, 2.05) is 21.9 Å². The van der Waals surface area contributed by atoms with Crippen molar-refractivity contribution in [2.24, 2.45) is 0 Å². The van der Waals surface area contributed by atoms with Crippen molar-refractivity contribution in [3.63, 3.8) is 0 Å². The molecule has 234 valence electrons. The second-order valence-corrected chi connectivity index (χ2v) is 11.5. The molecule has 0 spiro atoms. The molecule has 2 fully saturated rings. The molecule has 3 aliphatic heterocycles. The van der Waals surface area contributed by atoms with Gasteiger partial charge in [0.15, 0.2) is 0 Å². The number of amides is 3. The molecule has 3 aliphatic rings. The van der Waals surface area contributed by atoms with E-state index in [1.54, 1.807) is 30.5 Å². The lowest BCUT2D eigenvalue weighted by molar-refractivity contribution is -0.122. The number of piperidine rings is 1. The molecule has 0 aliphatic carbocycles. The van der Waals surface area contributed by atoms with Crippen LogP contribution in [0.4, 0.5) is 5.82 Å². The number of ether oxygens (including phenoxy) is 2. The minimum atomic E-state index is -1.19. The quantitative estimate of drug-likeness (QED) is 0.405. The average Bonchev–Trinajstić information content (AvgIpc) is 3.45. The fourth-order valence-electron chi connectivity index (χ4n) is 5.87. The number of nitrogens with one attached hydrogen (secondary N) is 2. The Morgan fingerprint density at radius 3 is 2.56 bits per heavy atom. The monoisotopic (exact) mass is 613 g/mol. The van der Waals surface area contributed by atoms with E-state index in [1.165, 1.54) is 18.2 Å². The molecule has 2 aromatic carbocycles. The van der Waals surface area contributed by atoms with Gasteiger partial charge in [-0.15, -0.1) is 0 Å². The van der Waals surface area contributed by atoms with Gasteiger partial charge in [0.1, 0.15) is 17.3 Å². The molecule has 3 aromatic rings. The molecule has 0 radical (unpaired) electrons. The minimum Gasteiger partial charge on any atom is -0.478 e. The molecule has 45 heavy (non-hydrogen) atoms.